The highest BCUT2D eigenvalue weighted by Gasteiger charge is 2.21. The van der Waals surface area contributed by atoms with E-state index in [1.807, 2.05) is 24.8 Å². The third-order valence-electron chi connectivity index (χ3n) is 3.65. The van der Waals surface area contributed by atoms with Gasteiger partial charge in [-0.15, -0.1) is 0 Å². The maximum Gasteiger partial charge on any atom is 0.255 e. The average molecular weight is 277 g/mol. The normalized spacial score (nSPS) is 17.1. The number of hydrogen-bond acceptors (Lipinski definition) is 5. The van der Waals surface area contributed by atoms with Gasteiger partial charge in [-0.3, -0.25) is 4.79 Å². The zero-order chi connectivity index (χ0) is 14.5. The summed E-state index contributed by atoms with van der Waals surface area (Å²) in [5, 5.41) is 8.02. The Labute approximate surface area is 120 Å². The highest BCUT2D eigenvalue weighted by Crippen LogP contribution is 2.12. The summed E-state index contributed by atoms with van der Waals surface area (Å²) in [6, 6.07) is 1.83. The van der Waals surface area contributed by atoms with Gasteiger partial charge in [0.1, 0.15) is 0 Å². The minimum Gasteiger partial charge on any atom is -0.337 e. The summed E-state index contributed by atoms with van der Waals surface area (Å²) in [6.07, 6.45) is 0.988. The van der Waals surface area contributed by atoms with Gasteiger partial charge >= 0.3 is 0 Å². The number of amides is 1. The predicted octanol–water partition coefficient (Wildman–Crippen LogP) is 0.200. The molecule has 2 heterocycles. The molecule has 1 aliphatic heterocycles. The summed E-state index contributed by atoms with van der Waals surface area (Å²) >= 11 is 0. The second-order valence-corrected chi connectivity index (χ2v) is 5.26. The van der Waals surface area contributed by atoms with E-state index in [0.29, 0.717) is 17.8 Å². The van der Waals surface area contributed by atoms with E-state index in [9.17, 15) is 4.79 Å². The number of nitrogens with zero attached hydrogens (tertiary/aromatic N) is 4. The molecule has 20 heavy (non-hydrogen) atoms. The number of nitrogens with two attached hydrogens (primary N) is 1. The Morgan fingerprint density at radius 1 is 1.25 bits per heavy atom. The van der Waals surface area contributed by atoms with Gasteiger partial charge in [0.15, 0.2) is 0 Å². The molecule has 1 aliphatic rings. The fraction of sp³-hybridized carbons (Fsp3) is 0.643. The van der Waals surface area contributed by atoms with Crippen molar-refractivity contribution in [2.75, 3.05) is 39.3 Å². The van der Waals surface area contributed by atoms with Gasteiger partial charge in [0.25, 0.3) is 5.91 Å². The molecular formula is C14H23N5O. The molecule has 110 valence electrons. The largest absolute Gasteiger partial charge is 0.337 e. The number of carbonyl (C=O) groups excluding carboxylic acids is 1. The summed E-state index contributed by atoms with van der Waals surface area (Å²) in [5.74, 6) is 0.0649. The highest BCUT2D eigenvalue weighted by molar-refractivity contribution is 5.95. The van der Waals surface area contributed by atoms with Crippen LogP contribution in [-0.4, -0.2) is 65.2 Å². The van der Waals surface area contributed by atoms with Crippen LogP contribution in [0.5, 0.6) is 0 Å². The van der Waals surface area contributed by atoms with Crippen molar-refractivity contribution in [3.05, 3.63) is 23.0 Å². The van der Waals surface area contributed by atoms with Gasteiger partial charge in [-0.25, -0.2) is 0 Å². The van der Waals surface area contributed by atoms with Crippen LogP contribution in [0.3, 0.4) is 0 Å². The average Bonchev–Trinajstić information content (AvgIpc) is 2.67. The van der Waals surface area contributed by atoms with Crippen molar-refractivity contribution < 1.29 is 4.79 Å². The molecule has 0 radical (unpaired) electrons. The topological polar surface area (TPSA) is 75.4 Å². The molecule has 6 nitrogen and oxygen atoms in total. The Kier molecular flexibility index (Phi) is 5.03. The summed E-state index contributed by atoms with van der Waals surface area (Å²) < 4.78 is 0. The molecule has 1 saturated heterocycles. The third-order valence-corrected chi connectivity index (χ3v) is 3.65. The van der Waals surface area contributed by atoms with Crippen LogP contribution in [0.1, 0.15) is 28.2 Å². The van der Waals surface area contributed by atoms with Crippen molar-refractivity contribution >= 4 is 5.91 Å². The Hall–Kier alpha value is -1.53. The quantitative estimate of drug-likeness (QED) is 0.854. The van der Waals surface area contributed by atoms with Gasteiger partial charge in [0.05, 0.1) is 17.0 Å². The van der Waals surface area contributed by atoms with Crippen LogP contribution in [0.2, 0.25) is 0 Å². The number of aryl methyl sites for hydroxylation is 2. The molecule has 0 aliphatic carbocycles. The molecule has 1 amide bonds. The first kappa shape index (κ1) is 14.9. The van der Waals surface area contributed by atoms with E-state index in [2.05, 4.69) is 15.1 Å². The Morgan fingerprint density at radius 2 is 2.05 bits per heavy atom. The van der Waals surface area contributed by atoms with Crippen molar-refractivity contribution in [3.63, 3.8) is 0 Å². The van der Waals surface area contributed by atoms with Crippen molar-refractivity contribution in [2.45, 2.75) is 20.3 Å². The van der Waals surface area contributed by atoms with Crippen LogP contribution in [0.15, 0.2) is 6.07 Å². The van der Waals surface area contributed by atoms with E-state index in [1.54, 1.807) is 0 Å². The molecule has 1 fully saturated rings. The second kappa shape index (κ2) is 6.76. The molecule has 0 atom stereocenters. The van der Waals surface area contributed by atoms with Crippen LogP contribution in [-0.2, 0) is 0 Å². The summed E-state index contributed by atoms with van der Waals surface area (Å²) in [6.45, 7) is 8.69. The van der Waals surface area contributed by atoms with Crippen LogP contribution in [0.4, 0.5) is 0 Å². The van der Waals surface area contributed by atoms with E-state index < -0.39 is 0 Å². The lowest BCUT2D eigenvalue weighted by molar-refractivity contribution is 0.0760. The molecule has 0 saturated carbocycles. The van der Waals surface area contributed by atoms with E-state index in [4.69, 9.17) is 5.73 Å². The van der Waals surface area contributed by atoms with Crippen molar-refractivity contribution in [2.24, 2.45) is 5.73 Å². The summed E-state index contributed by atoms with van der Waals surface area (Å²) in [5.41, 5.74) is 7.74. The minimum atomic E-state index is 0.0649. The molecule has 1 aromatic heterocycles. The van der Waals surface area contributed by atoms with Crippen molar-refractivity contribution in [3.8, 4) is 0 Å². The standard InChI is InChI=1S/C14H23N5O/c1-11-10-13(12(2)17-16-11)14(20)19-6-3-5-18(7-4-15)8-9-19/h10H,3-9,15H2,1-2H3. The Balaban J connectivity index is 2.07. The van der Waals surface area contributed by atoms with Crippen molar-refractivity contribution in [1.82, 2.24) is 20.0 Å². The smallest absolute Gasteiger partial charge is 0.255 e. The first-order chi connectivity index (χ1) is 9.61. The first-order valence-electron chi connectivity index (χ1n) is 7.14. The molecule has 2 rings (SSSR count). The van der Waals surface area contributed by atoms with Crippen LogP contribution in [0, 0.1) is 13.8 Å². The molecule has 0 unspecified atom stereocenters. The molecule has 1 aromatic rings. The summed E-state index contributed by atoms with van der Waals surface area (Å²) in [4.78, 5) is 16.8. The van der Waals surface area contributed by atoms with Gasteiger partial charge in [-0.05, 0) is 32.9 Å². The van der Waals surface area contributed by atoms with E-state index in [-0.39, 0.29) is 5.91 Å². The van der Waals surface area contributed by atoms with Crippen LogP contribution < -0.4 is 5.73 Å². The molecule has 2 N–H and O–H groups in total. The minimum absolute atomic E-state index is 0.0649. The SMILES string of the molecule is Cc1cc(C(=O)N2CCCN(CCN)CC2)c(C)nn1. The Bertz CT molecular complexity index is 477. The van der Waals surface area contributed by atoms with Gasteiger partial charge in [-0.1, -0.05) is 0 Å². The highest BCUT2D eigenvalue weighted by atomic mass is 16.2. The fourth-order valence-electron chi connectivity index (χ4n) is 2.52. The lowest BCUT2D eigenvalue weighted by atomic mass is 10.1. The number of carbonyl (C=O) groups is 1. The van der Waals surface area contributed by atoms with Crippen LogP contribution in [0.25, 0.3) is 0 Å². The lowest BCUT2D eigenvalue weighted by Gasteiger charge is -2.22. The van der Waals surface area contributed by atoms with Gasteiger partial charge in [0, 0.05) is 32.7 Å². The predicted molar refractivity (Wildman–Crippen MR) is 77.5 cm³/mol. The molecular weight excluding hydrogens is 254 g/mol. The number of aromatic nitrogens is 2. The molecule has 0 spiro atoms. The monoisotopic (exact) mass is 277 g/mol. The second-order valence-electron chi connectivity index (χ2n) is 5.26. The van der Waals surface area contributed by atoms with Gasteiger partial charge in [-0.2, -0.15) is 10.2 Å². The Morgan fingerprint density at radius 3 is 2.80 bits per heavy atom. The first-order valence-corrected chi connectivity index (χ1v) is 7.14. The molecule has 0 bridgehead atoms. The zero-order valence-corrected chi connectivity index (χ0v) is 12.3. The zero-order valence-electron chi connectivity index (χ0n) is 12.3. The van der Waals surface area contributed by atoms with E-state index in [0.717, 1.165) is 44.8 Å². The maximum absolute atomic E-state index is 12.6. The number of hydrogen-bond donors (Lipinski definition) is 1. The van der Waals surface area contributed by atoms with Gasteiger partial charge in [0.2, 0.25) is 0 Å². The van der Waals surface area contributed by atoms with Crippen LogP contribution >= 0.6 is 0 Å². The van der Waals surface area contributed by atoms with E-state index in [1.165, 1.54) is 0 Å². The third kappa shape index (κ3) is 3.52. The van der Waals surface area contributed by atoms with Gasteiger partial charge < -0.3 is 15.5 Å². The number of rotatable bonds is 3. The maximum atomic E-state index is 12.6. The molecule has 6 heteroatoms. The van der Waals surface area contributed by atoms with Crippen molar-refractivity contribution in [1.29, 1.82) is 0 Å². The molecule has 0 aromatic carbocycles. The van der Waals surface area contributed by atoms with E-state index >= 15 is 0 Å². The summed E-state index contributed by atoms with van der Waals surface area (Å²) in [7, 11) is 0. The fourth-order valence-corrected chi connectivity index (χ4v) is 2.52. The lowest BCUT2D eigenvalue weighted by Crippen LogP contribution is -2.37.